The minimum atomic E-state index is 0.307. The van der Waals surface area contributed by atoms with E-state index in [0.717, 1.165) is 19.5 Å². The molecule has 0 amide bonds. The molecule has 78 valence electrons. The predicted molar refractivity (Wildman–Crippen MR) is 57.2 cm³/mol. The smallest absolute Gasteiger partial charge is 0.110 e. The van der Waals surface area contributed by atoms with Gasteiger partial charge in [0.1, 0.15) is 5.82 Å². The van der Waals surface area contributed by atoms with Crippen LogP contribution in [0.15, 0.2) is 12.4 Å². The van der Waals surface area contributed by atoms with Crippen molar-refractivity contribution in [2.24, 2.45) is 5.41 Å². The zero-order chi connectivity index (χ0) is 10.2. The molecule has 0 saturated carbocycles. The summed E-state index contributed by atoms with van der Waals surface area (Å²) in [6.45, 7) is 8.93. The lowest BCUT2D eigenvalue weighted by Gasteiger charge is -2.29. The molecule has 2 rings (SSSR count). The first-order valence-electron chi connectivity index (χ1n) is 5.31. The Morgan fingerprint density at radius 2 is 2.29 bits per heavy atom. The van der Waals surface area contributed by atoms with E-state index in [-0.39, 0.29) is 0 Å². The molecule has 1 aromatic rings. The first-order chi connectivity index (χ1) is 6.57. The van der Waals surface area contributed by atoms with Gasteiger partial charge in [0.05, 0.1) is 0 Å². The molecular weight excluding hydrogens is 174 g/mol. The van der Waals surface area contributed by atoms with Crippen LogP contribution in [0.2, 0.25) is 0 Å². The van der Waals surface area contributed by atoms with Gasteiger partial charge in [0.15, 0.2) is 0 Å². The first-order valence-corrected chi connectivity index (χ1v) is 5.31. The predicted octanol–water partition coefficient (Wildman–Crippen LogP) is 1.44. The van der Waals surface area contributed by atoms with Crippen molar-refractivity contribution in [3.8, 4) is 0 Å². The second kappa shape index (κ2) is 3.39. The van der Waals surface area contributed by atoms with E-state index in [0.29, 0.717) is 11.5 Å². The van der Waals surface area contributed by atoms with E-state index in [2.05, 4.69) is 41.8 Å². The summed E-state index contributed by atoms with van der Waals surface area (Å²) >= 11 is 0. The molecule has 1 N–H and O–H groups in total. The molecule has 3 nitrogen and oxygen atoms in total. The molecule has 14 heavy (non-hydrogen) atoms. The Labute approximate surface area is 85.5 Å². The van der Waals surface area contributed by atoms with Gasteiger partial charge in [-0.1, -0.05) is 20.8 Å². The Morgan fingerprint density at radius 1 is 1.50 bits per heavy atom. The zero-order valence-corrected chi connectivity index (χ0v) is 9.25. The van der Waals surface area contributed by atoms with Crippen LogP contribution in [0.4, 0.5) is 0 Å². The lowest BCUT2D eigenvalue weighted by atomic mass is 9.85. The fraction of sp³-hybridized carbons (Fsp3) is 0.727. The second-order valence-corrected chi connectivity index (χ2v) is 5.11. The van der Waals surface area contributed by atoms with Crippen LogP contribution >= 0.6 is 0 Å². The maximum atomic E-state index is 4.40. The van der Waals surface area contributed by atoms with Crippen molar-refractivity contribution in [2.75, 3.05) is 6.54 Å². The highest BCUT2D eigenvalue weighted by Gasteiger charge is 2.27. The fourth-order valence-corrected chi connectivity index (χ4v) is 1.96. The summed E-state index contributed by atoms with van der Waals surface area (Å²) in [5.41, 5.74) is 0.307. The Bertz CT molecular complexity index is 309. The zero-order valence-electron chi connectivity index (χ0n) is 9.25. The van der Waals surface area contributed by atoms with Crippen LogP contribution in [0.25, 0.3) is 0 Å². The molecule has 1 aliphatic rings. The van der Waals surface area contributed by atoms with Crippen LogP contribution in [0, 0.1) is 5.41 Å². The largest absolute Gasteiger partial charge is 0.334 e. The van der Waals surface area contributed by atoms with E-state index in [1.54, 1.807) is 0 Å². The fourth-order valence-electron chi connectivity index (χ4n) is 1.96. The number of fused-ring (bicyclic) bond motifs is 1. The van der Waals surface area contributed by atoms with Gasteiger partial charge in [-0.05, 0) is 5.41 Å². The van der Waals surface area contributed by atoms with Crippen molar-refractivity contribution in [3.63, 3.8) is 0 Å². The van der Waals surface area contributed by atoms with Crippen LogP contribution in [-0.2, 0) is 13.0 Å². The molecule has 1 unspecified atom stereocenters. The van der Waals surface area contributed by atoms with Gasteiger partial charge in [-0.2, -0.15) is 0 Å². The van der Waals surface area contributed by atoms with Crippen molar-refractivity contribution in [2.45, 2.75) is 39.8 Å². The van der Waals surface area contributed by atoms with Crippen LogP contribution in [0.1, 0.15) is 26.6 Å². The van der Waals surface area contributed by atoms with Gasteiger partial charge >= 0.3 is 0 Å². The van der Waals surface area contributed by atoms with E-state index >= 15 is 0 Å². The first kappa shape index (κ1) is 9.71. The lowest BCUT2D eigenvalue weighted by molar-refractivity contribution is 0.270. The number of hydrogen-bond donors (Lipinski definition) is 1. The summed E-state index contributed by atoms with van der Waals surface area (Å²) in [7, 11) is 0. The minimum Gasteiger partial charge on any atom is -0.334 e. The molecule has 0 radical (unpaired) electrons. The van der Waals surface area contributed by atoms with Gasteiger partial charge in [0, 0.05) is 37.9 Å². The maximum absolute atomic E-state index is 4.40. The Kier molecular flexibility index (Phi) is 2.35. The van der Waals surface area contributed by atoms with Crippen molar-refractivity contribution in [1.82, 2.24) is 14.9 Å². The van der Waals surface area contributed by atoms with Gasteiger partial charge in [-0.15, -0.1) is 0 Å². The average molecular weight is 193 g/mol. The van der Waals surface area contributed by atoms with Gasteiger partial charge in [-0.3, -0.25) is 0 Å². The van der Waals surface area contributed by atoms with Gasteiger partial charge in [-0.25, -0.2) is 4.98 Å². The molecule has 1 atom stereocenters. The molecule has 0 spiro atoms. The van der Waals surface area contributed by atoms with Crippen LogP contribution in [0.5, 0.6) is 0 Å². The van der Waals surface area contributed by atoms with Crippen LogP contribution < -0.4 is 5.32 Å². The standard InChI is InChI=1S/C11H19N3/c1-11(2,3)9-8-10-13-5-7-14(10)6-4-12-9/h5,7,9,12H,4,6,8H2,1-3H3. The molecule has 1 aromatic heterocycles. The third-order valence-electron chi connectivity index (χ3n) is 2.98. The number of nitrogens with one attached hydrogen (secondary N) is 1. The summed E-state index contributed by atoms with van der Waals surface area (Å²) in [6.07, 6.45) is 5.01. The molecule has 2 heterocycles. The third kappa shape index (κ3) is 1.82. The molecule has 0 fully saturated rings. The number of imidazole rings is 1. The van der Waals surface area contributed by atoms with E-state index in [9.17, 15) is 0 Å². The summed E-state index contributed by atoms with van der Waals surface area (Å²) in [5, 5.41) is 3.59. The second-order valence-electron chi connectivity index (χ2n) is 5.11. The summed E-state index contributed by atoms with van der Waals surface area (Å²) in [4.78, 5) is 4.40. The van der Waals surface area contributed by atoms with E-state index in [4.69, 9.17) is 0 Å². The Balaban J connectivity index is 2.20. The molecule has 3 heteroatoms. The lowest BCUT2D eigenvalue weighted by Crippen LogP contribution is -2.41. The maximum Gasteiger partial charge on any atom is 0.110 e. The number of aromatic nitrogens is 2. The highest BCUT2D eigenvalue weighted by molar-refractivity contribution is 5.00. The van der Waals surface area contributed by atoms with E-state index in [1.165, 1.54) is 5.82 Å². The van der Waals surface area contributed by atoms with Crippen LogP contribution in [-0.4, -0.2) is 22.1 Å². The molecule has 0 aromatic carbocycles. The SMILES string of the molecule is CC(C)(C)C1Cc2nccn2CCN1. The molecule has 0 saturated heterocycles. The Morgan fingerprint density at radius 3 is 3.00 bits per heavy atom. The highest BCUT2D eigenvalue weighted by atomic mass is 15.1. The Hall–Kier alpha value is -0.830. The molecule has 0 bridgehead atoms. The topological polar surface area (TPSA) is 29.9 Å². The highest BCUT2D eigenvalue weighted by Crippen LogP contribution is 2.23. The molecular formula is C11H19N3. The van der Waals surface area contributed by atoms with Crippen molar-refractivity contribution >= 4 is 0 Å². The molecule has 0 aliphatic carbocycles. The minimum absolute atomic E-state index is 0.307. The normalized spacial score (nSPS) is 22.9. The van der Waals surface area contributed by atoms with Crippen molar-refractivity contribution in [1.29, 1.82) is 0 Å². The van der Waals surface area contributed by atoms with Crippen LogP contribution in [0.3, 0.4) is 0 Å². The number of hydrogen-bond acceptors (Lipinski definition) is 2. The summed E-state index contributed by atoms with van der Waals surface area (Å²) in [6, 6.07) is 0.533. The number of nitrogens with zero attached hydrogens (tertiary/aromatic N) is 2. The summed E-state index contributed by atoms with van der Waals surface area (Å²) < 4.78 is 2.25. The van der Waals surface area contributed by atoms with Gasteiger partial charge in [0.2, 0.25) is 0 Å². The van der Waals surface area contributed by atoms with Gasteiger partial charge in [0.25, 0.3) is 0 Å². The number of rotatable bonds is 0. The van der Waals surface area contributed by atoms with E-state index < -0.39 is 0 Å². The van der Waals surface area contributed by atoms with E-state index in [1.807, 2.05) is 6.20 Å². The average Bonchev–Trinajstić information content (AvgIpc) is 2.41. The summed E-state index contributed by atoms with van der Waals surface area (Å²) in [5.74, 6) is 1.22. The van der Waals surface area contributed by atoms with Crippen molar-refractivity contribution in [3.05, 3.63) is 18.2 Å². The van der Waals surface area contributed by atoms with Crippen molar-refractivity contribution < 1.29 is 0 Å². The van der Waals surface area contributed by atoms with Gasteiger partial charge < -0.3 is 9.88 Å². The third-order valence-corrected chi connectivity index (χ3v) is 2.98. The monoisotopic (exact) mass is 193 g/mol. The quantitative estimate of drug-likeness (QED) is 0.675. The molecule has 1 aliphatic heterocycles.